The number of amides is 2. The largest absolute Gasteiger partial charge is 0.480 e. The molecule has 1 heterocycles. The Kier molecular flexibility index (Phi) is 5.09. The van der Waals surface area contributed by atoms with Crippen LogP contribution in [-0.4, -0.2) is 68.1 Å². The first-order chi connectivity index (χ1) is 8.31. The number of likely N-dealkylation sites (tertiary alicyclic amines) is 1. The normalized spacial score (nSPS) is 26.7. The molecule has 0 aromatic rings. The predicted octanol–water partition coefficient (Wildman–Crippen LogP) is -1.02. The van der Waals surface area contributed by atoms with Crippen molar-refractivity contribution in [2.24, 2.45) is 0 Å². The molecule has 1 aliphatic rings. The number of hydrogen-bond acceptors (Lipinski definition) is 4. The molecule has 0 radical (unpaired) electrons. The molecule has 3 unspecified atom stereocenters. The number of nitrogens with one attached hydrogen (secondary N) is 1. The van der Waals surface area contributed by atoms with Gasteiger partial charge in [-0.1, -0.05) is 0 Å². The van der Waals surface area contributed by atoms with Crippen LogP contribution in [0.4, 0.5) is 4.79 Å². The summed E-state index contributed by atoms with van der Waals surface area (Å²) in [6.45, 7) is 1.70. The molecule has 0 saturated carbocycles. The zero-order valence-corrected chi connectivity index (χ0v) is 11.1. The summed E-state index contributed by atoms with van der Waals surface area (Å²) < 4.78 is 11.0. The van der Waals surface area contributed by atoms with E-state index in [9.17, 15) is 18.9 Å². The highest BCUT2D eigenvalue weighted by molar-refractivity contribution is 7.84. The average Bonchev–Trinajstić information content (AvgIpc) is 2.58. The maximum Gasteiger partial charge on any atom is 0.326 e. The molecule has 0 bridgehead atoms. The third-order valence-electron chi connectivity index (χ3n) is 2.68. The number of carboxylic acid groups (broad SMARTS) is 1. The molecule has 0 spiro atoms. The van der Waals surface area contributed by atoms with E-state index in [-0.39, 0.29) is 19.0 Å². The van der Waals surface area contributed by atoms with Crippen LogP contribution in [0.25, 0.3) is 0 Å². The standard InChI is InChI=1S/C10H18N2O5S/c1-6(5-18(2)17)11-10(16)12-4-7(13)3-8(12)9(14)15/h6-8,13H,3-5H2,1-2H3,(H,11,16)(H,14,15)/t6?,7?,8-,18?/m0/s1. The third-order valence-corrected chi connectivity index (χ3v) is 3.65. The summed E-state index contributed by atoms with van der Waals surface area (Å²) >= 11 is 0. The number of nitrogens with zero attached hydrogens (tertiary/aromatic N) is 1. The SMILES string of the molecule is CC(CS(C)=O)NC(=O)N1CC(O)C[C@H]1C(=O)O. The number of carbonyl (C=O) groups excluding carboxylic acids is 1. The monoisotopic (exact) mass is 278 g/mol. The van der Waals surface area contributed by atoms with Gasteiger partial charge in [-0.05, 0) is 6.92 Å². The lowest BCUT2D eigenvalue weighted by atomic mass is 10.2. The minimum Gasteiger partial charge on any atom is -0.480 e. The van der Waals surface area contributed by atoms with Gasteiger partial charge in [-0.15, -0.1) is 0 Å². The Hall–Kier alpha value is -1.15. The summed E-state index contributed by atoms with van der Waals surface area (Å²) in [7, 11) is -1.04. The fourth-order valence-corrected chi connectivity index (χ4v) is 2.75. The van der Waals surface area contributed by atoms with Gasteiger partial charge in [0.1, 0.15) is 6.04 Å². The number of urea groups is 1. The van der Waals surface area contributed by atoms with Gasteiger partial charge in [0.25, 0.3) is 0 Å². The number of carbonyl (C=O) groups is 2. The molecule has 2 amide bonds. The van der Waals surface area contributed by atoms with Crippen molar-refractivity contribution in [1.82, 2.24) is 10.2 Å². The van der Waals surface area contributed by atoms with Crippen molar-refractivity contribution in [1.29, 1.82) is 0 Å². The third kappa shape index (κ3) is 3.95. The predicted molar refractivity (Wildman–Crippen MR) is 65.7 cm³/mol. The molecule has 7 nitrogen and oxygen atoms in total. The Balaban J connectivity index is 2.60. The van der Waals surface area contributed by atoms with Crippen molar-refractivity contribution in [3.63, 3.8) is 0 Å². The molecule has 1 aliphatic heterocycles. The van der Waals surface area contributed by atoms with E-state index in [2.05, 4.69) is 5.32 Å². The topological polar surface area (TPSA) is 107 Å². The number of rotatable bonds is 4. The fourth-order valence-electron chi connectivity index (χ4n) is 1.96. The Morgan fingerprint density at radius 3 is 2.67 bits per heavy atom. The number of aliphatic hydroxyl groups is 1. The van der Waals surface area contributed by atoms with Gasteiger partial charge in [-0.25, -0.2) is 9.59 Å². The van der Waals surface area contributed by atoms with E-state index in [0.717, 1.165) is 4.90 Å². The second-order valence-corrected chi connectivity index (χ2v) is 5.97. The fraction of sp³-hybridized carbons (Fsp3) is 0.800. The Morgan fingerprint density at radius 2 is 2.17 bits per heavy atom. The number of aliphatic hydroxyl groups excluding tert-OH is 1. The summed E-state index contributed by atoms with van der Waals surface area (Å²) in [5.74, 6) is -0.826. The number of carboxylic acids is 1. The quantitative estimate of drug-likeness (QED) is 0.610. The van der Waals surface area contributed by atoms with Gasteiger partial charge in [0.05, 0.1) is 6.10 Å². The Morgan fingerprint density at radius 1 is 1.56 bits per heavy atom. The summed E-state index contributed by atoms with van der Waals surface area (Å²) in [6.07, 6.45) is 0.756. The first-order valence-corrected chi connectivity index (χ1v) is 7.32. The summed E-state index contributed by atoms with van der Waals surface area (Å²) in [4.78, 5) is 23.9. The van der Waals surface area contributed by atoms with E-state index in [1.54, 1.807) is 6.92 Å². The van der Waals surface area contributed by atoms with Crippen LogP contribution in [0.5, 0.6) is 0 Å². The van der Waals surface area contributed by atoms with Crippen molar-refractivity contribution < 1.29 is 24.0 Å². The van der Waals surface area contributed by atoms with E-state index in [4.69, 9.17) is 5.11 Å². The number of hydrogen-bond donors (Lipinski definition) is 3. The smallest absolute Gasteiger partial charge is 0.326 e. The highest BCUT2D eigenvalue weighted by atomic mass is 32.2. The van der Waals surface area contributed by atoms with Gasteiger partial charge in [0.15, 0.2) is 0 Å². The van der Waals surface area contributed by atoms with E-state index in [0.29, 0.717) is 5.75 Å². The van der Waals surface area contributed by atoms with Crippen molar-refractivity contribution in [3.8, 4) is 0 Å². The lowest BCUT2D eigenvalue weighted by Gasteiger charge is -2.23. The summed E-state index contributed by atoms with van der Waals surface area (Å²) in [6, 6.07) is -1.85. The van der Waals surface area contributed by atoms with Gasteiger partial charge >= 0.3 is 12.0 Å². The van der Waals surface area contributed by atoms with Crippen LogP contribution in [0.1, 0.15) is 13.3 Å². The van der Waals surface area contributed by atoms with E-state index < -0.39 is 34.9 Å². The minimum atomic E-state index is -1.13. The molecule has 4 atom stereocenters. The Labute approximate surface area is 108 Å². The van der Waals surface area contributed by atoms with Crippen molar-refractivity contribution in [2.45, 2.75) is 31.5 Å². The molecule has 0 aromatic heterocycles. The molecule has 3 N–H and O–H groups in total. The van der Waals surface area contributed by atoms with Gasteiger partial charge < -0.3 is 20.4 Å². The van der Waals surface area contributed by atoms with Crippen LogP contribution in [-0.2, 0) is 15.6 Å². The highest BCUT2D eigenvalue weighted by Crippen LogP contribution is 2.18. The van der Waals surface area contributed by atoms with Crippen LogP contribution >= 0.6 is 0 Å². The van der Waals surface area contributed by atoms with Crippen LogP contribution in [0.2, 0.25) is 0 Å². The van der Waals surface area contributed by atoms with E-state index in [1.807, 2.05) is 0 Å². The lowest BCUT2D eigenvalue weighted by molar-refractivity contribution is -0.141. The first-order valence-electron chi connectivity index (χ1n) is 5.59. The van der Waals surface area contributed by atoms with Crippen molar-refractivity contribution in [2.75, 3.05) is 18.6 Å². The molecule has 1 saturated heterocycles. The number of β-amino-alcohol motifs (C(OH)–C–C–N with tert-alkyl or cyclic N) is 1. The lowest BCUT2D eigenvalue weighted by Crippen LogP contribution is -2.49. The van der Waals surface area contributed by atoms with E-state index >= 15 is 0 Å². The Bertz CT molecular complexity index is 362. The molecule has 0 aliphatic carbocycles. The maximum atomic E-state index is 11.8. The van der Waals surface area contributed by atoms with Gasteiger partial charge in [0, 0.05) is 41.8 Å². The molecule has 8 heteroatoms. The van der Waals surface area contributed by atoms with Crippen LogP contribution in [0.3, 0.4) is 0 Å². The van der Waals surface area contributed by atoms with Crippen molar-refractivity contribution >= 4 is 22.8 Å². The second-order valence-electron chi connectivity index (χ2n) is 4.49. The summed E-state index contributed by atoms with van der Waals surface area (Å²) in [5.41, 5.74) is 0. The summed E-state index contributed by atoms with van der Waals surface area (Å²) in [5, 5.41) is 20.9. The van der Waals surface area contributed by atoms with Crippen LogP contribution in [0, 0.1) is 0 Å². The van der Waals surface area contributed by atoms with Crippen molar-refractivity contribution in [3.05, 3.63) is 0 Å². The zero-order valence-electron chi connectivity index (χ0n) is 10.3. The highest BCUT2D eigenvalue weighted by Gasteiger charge is 2.39. The molecule has 18 heavy (non-hydrogen) atoms. The van der Waals surface area contributed by atoms with E-state index in [1.165, 1.54) is 6.26 Å². The molecular weight excluding hydrogens is 260 g/mol. The number of aliphatic carboxylic acids is 1. The van der Waals surface area contributed by atoms with Gasteiger partial charge in [0.2, 0.25) is 0 Å². The van der Waals surface area contributed by atoms with Gasteiger partial charge in [-0.3, -0.25) is 4.21 Å². The molecular formula is C10H18N2O5S. The second kappa shape index (κ2) is 6.14. The first kappa shape index (κ1) is 14.9. The minimum absolute atomic E-state index is 0.00470. The van der Waals surface area contributed by atoms with Crippen LogP contribution in [0.15, 0.2) is 0 Å². The average molecular weight is 278 g/mol. The molecule has 104 valence electrons. The van der Waals surface area contributed by atoms with Crippen LogP contribution < -0.4 is 5.32 Å². The molecule has 1 rings (SSSR count). The molecule has 1 fully saturated rings. The zero-order chi connectivity index (χ0) is 13.9. The maximum absolute atomic E-state index is 11.8. The molecule has 0 aromatic carbocycles. The van der Waals surface area contributed by atoms with Gasteiger partial charge in [-0.2, -0.15) is 0 Å².